The van der Waals surface area contributed by atoms with E-state index in [9.17, 15) is 4.79 Å². The van der Waals surface area contributed by atoms with E-state index >= 15 is 0 Å². The second kappa shape index (κ2) is 8.68. The molecule has 0 bridgehead atoms. The van der Waals surface area contributed by atoms with Gasteiger partial charge in [0.05, 0.1) is 12.2 Å². The van der Waals surface area contributed by atoms with Gasteiger partial charge in [0.1, 0.15) is 11.4 Å². The lowest BCUT2D eigenvalue weighted by Crippen LogP contribution is -2.57. The molecule has 2 aromatic carbocycles. The van der Waals surface area contributed by atoms with E-state index in [4.69, 9.17) is 4.74 Å². The predicted molar refractivity (Wildman–Crippen MR) is 115 cm³/mol. The van der Waals surface area contributed by atoms with E-state index in [1.54, 1.807) is 0 Å². The Balaban J connectivity index is 1.93. The van der Waals surface area contributed by atoms with Crippen LogP contribution in [0, 0.1) is 5.92 Å². The number of nitrogens with zero attached hydrogens (tertiary/aromatic N) is 1. The van der Waals surface area contributed by atoms with Crippen LogP contribution in [0.5, 0.6) is 5.75 Å². The number of carbonyl (C=O) groups excluding carboxylic acids is 1. The maximum absolute atomic E-state index is 13.3. The predicted octanol–water partition coefficient (Wildman–Crippen LogP) is 5.65. The summed E-state index contributed by atoms with van der Waals surface area (Å²) in [6.07, 6.45) is 2.73. The number of benzene rings is 2. The fourth-order valence-electron chi connectivity index (χ4n) is 3.85. The van der Waals surface area contributed by atoms with Crippen molar-refractivity contribution in [3.63, 3.8) is 0 Å². The lowest BCUT2D eigenvalue weighted by atomic mass is 9.89. The van der Waals surface area contributed by atoms with Gasteiger partial charge in [-0.15, -0.1) is 0 Å². The van der Waals surface area contributed by atoms with Gasteiger partial charge < -0.3 is 15.0 Å². The number of ether oxygens (including phenoxy) is 1. The maximum Gasteiger partial charge on any atom is 0.258 e. The van der Waals surface area contributed by atoms with Crippen LogP contribution in [0.3, 0.4) is 0 Å². The Hall–Kier alpha value is -2.49. The number of amides is 1. The SMILES string of the molecule is CCCN1C(=O)c2ccccc2NC1(CC)c1ccc(OCCC(C)C)cc1. The third-order valence-corrected chi connectivity index (χ3v) is 5.46. The third-order valence-electron chi connectivity index (χ3n) is 5.46. The first-order chi connectivity index (χ1) is 13.5. The molecule has 1 atom stereocenters. The summed E-state index contributed by atoms with van der Waals surface area (Å²) in [7, 11) is 0. The molecule has 0 aliphatic carbocycles. The third kappa shape index (κ3) is 3.87. The van der Waals surface area contributed by atoms with Crippen molar-refractivity contribution in [3.8, 4) is 5.75 Å². The van der Waals surface area contributed by atoms with Crippen LogP contribution in [0.15, 0.2) is 48.5 Å². The van der Waals surface area contributed by atoms with Crippen molar-refractivity contribution in [3.05, 3.63) is 59.7 Å². The lowest BCUT2D eigenvalue weighted by Gasteiger charge is -2.48. The Kier molecular flexibility index (Phi) is 6.28. The normalized spacial score (nSPS) is 18.8. The maximum atomic E-state index is 13.3. The highest BCUT2D eigenvalue weighted by atomic mass is 16.5. The second-order valence-electron chi connectivity index (χ2n) is 7.90. The van der Waals surface area contributed by atoms with Crippen molar-refractivity contribution < 1.29 is 9.53 Å². The molecule has 0 radical (unpaired) electrons. The monoisotopic (exact) mass is 380 g/mol. The molecule has 1 aliphatic rings. The standard InChI is InChI=1S/C24H32N2O2/c1-5-16-26-23(27)21-9-7-8-10-22(21)25-24(26,6-2)19-11-13-20(14-12-19)28-17-15-18(3)4/h7-14,18,25H,5-6,15-17H2,1-4H3. The Bertz CT molecular complexity index is 801. The first-order valence-electron chi connectivity index (χ1n) is 10.4. The molecule has 1 aliphatic heterocycles. The van der Waals surface area contributed by atoms with Crippen LogP contribution in [-0.2, 0) is 5.66 Å². The first-order valence-corrected chi connectivity index (χ1v) is 10.4. The van der Waals surface area contributed by atoms with Gasteiger partial charge in [0.25, 0.3) is 5.91 Å². The number of hydrogen-bond acceptors (Lipinski definition) is 3. The van der Waals surface area contributed by atoms with E-state index < -0.39 is 5.66 Å². The summed E-state index contributed by atoms with van der Waals surface area (Å²) in [4.78, 5) is 15.3. The molecule has 150 valence electrons. The molecular weight excluding hydrogens is 348 g/mol. The van der Waals surface area contributed by atoms with Crippen LogP contribution >= 0.6 is 0 Å². The molecule has 0 aromatic heterocycles. The minimum Gasteiger partial charge on any atom is -0.494 e. The Morgan fingerprint density at radius 1 is 1.07 bits per heavy atom. The average Bonchev–Trinajstić information content (AvgIpc) is 2.70. The topological polar surface area (TPSA) is 41.6 Å². The lowest BCUT2D eigenvalue weighted by molar-refractivity contribution is 0.0483. The van der Waals surface area contributed by atoms with E-state index in [0.29, 0.717) is 12.5 Å². The Morgan fingerprint density at radius 2 is 1.79 bits per heavy atom. The number of carbonyl (C=O) groups is 1. The van der Waals surface area contributed by atoms with Gasteiger partial charge in [-0.3, -0.25) is 4.79 Å². The zero-order valence-corrected chi connectivity index (χ0v) is 17.5. The number of fused-ring (bicyclic) bond motifs is 1. The van der Waals surface area contributed by atoms with E-state index in [0.717, 1.165) is 48.4 Å². The highest BCUT2D eigenvalue weighted by Crippen LogP contribution is 2.40. The van der Waals surface area contributed by atoms with E-state index in [-0.39, 0.29) is 5.91 Å². The number of hydrogen-bond donors (Lipinski definition) is 1. The summed E-state index contributed by atoms with van der Waals surface area (Å²) in [5.41, 5.74) is 2.19. The van der Waals surface area contributed by atoms with Crippen LogP contribution in [0.25, 0.3) is 0 Å². The Morgan fingerprint density at radius 3 is 2.43 bits per heavy atom. The number of nitrogens with one attached hydrogen (secondary N) is 1. The van der Waals surface area contributed by atoms with Gasteiger partial charge in [-0.05, 0) is 55.0 Å². The van der Waals surface area contributed by atoms with Gasteiger partial charge in [0, 0.05) is 12.2 Å². The summed E-state index contributed by atoms with van der Waals surface area (Å²) in [5.74, 6) is 1.60. The van der Waals surface area contributed by atoms with Gasteiger partial charge in [0.2, 0.25) is 0 Å². The molecule has 1 heterocycles. The molecule has 1 unspecified atom stereocenters. The van der Waals surface area contributed by atoms with E-state index in [2.05, 4.69) is 45.1 Å². The second-order valence-corrected chi connectivity index (χ2v) is 7.90. The molecule has 1 amide bonds. The summed E-state index contributed by atoms with van der Waals surface area (Å²) < 4.78 is 5.88. The van der Waals surface area contributed by atoms with Crippen molar-refractivity contribution in [1.82, 2.24) is 4.90 Å². The molecule has 0 spiro atoms. The smallest absolute Gasteiger partial charge is 0.258 e. The van der Waals surface area contributed by atoms with Crippen molar-refractivity contribution in [2.24, 2.45) is 5.92 Å². The fourth-order valence-corrected chi connectivity index (χ4v) is 3.85. The number of anilines is 1. The van der Waals surface area contributed by atoms with Gasteiger partial charge in [-0.1, -0.05) is 52.0 Å². The van der Waals surface area contributed by atoms with Crippen LogP contribution in [-0.4, -0.2) is 24.0 Å². The minimum absolute atomic E-state index is 0.0929. The van der Waals surface area contributed by atoms with Gasteiger partial charge in [0.15, 0.2) is 0 Å². The summed E-state index contributed by atoms with van der Waals surface area (Å²) in [5, 5.41) is 3.68. The van der Waals surface area contributed by atoms with Crippen LogP contribution in [0.4, 0.5) is 5.69 Å². The zero-order chi connectivity index (χ0) is 20.1. The van der Waals surface area contributed by atoms with E-state index in [1.807, 2.05) is 41.3 Å². The molecule has 4 heteroatoms. The Labute approximate surface area is 168 Å². The van der Waals surface area contributed by atoms with Crippen LogP contribution in [0.2, 0.25) is 0 Å². The number of rotatable bonds is 8. The highest BCUT2D eigenvalue weighted by molar-refractivity contribution is 6.02. The summed E-state index contributed by atoms with van der Waals surface area (Å²) >= 11 is 0. The van der Waals surface area contributed by atoms with Crippen molar-refractivity contribution in [2.75, 3.05) is 18.5 Å². The quantitative estimate of drug-likeness (QED) is 0.643. The average molecular weight is 381 g/mol. The van der Waals surface area contributed by atoms with Crippen molar-refractivity contribution >= 4 is 11.6 Å². The minimum atomic E-state index is -0.544. The van der Waals surface area contributed by atoms with E-state index in [1.165, 1.54) is 0 Å². The summed E-state index contributed by atoms with van der Waals surface area (Å²) in [6, 6.07) is 16.0. The molecule has 4 nitrogen and oxygen atoms in total. The van der Waals surface area contributed by atoms with Gasteiger partial charge in [-0.2, -0.15) is 0 Å². The van der Waals surface area contributed by atoms with Gasteiger partial charge >= 0.3 is 0 Å². The molecule has 28 heavy (non-hydrogen) atoms. The molecule has 0 saturated carbocycles. The van der Waals surface area contributed by atoms with Gasteiger partial charge in [-0.25, -0.2) is 0 Å². The molecule has 0 saturated heterocycles. The molecule has 1 N–H and O–H groups in total. The molecule has 2 aromatic rings. The zero-order valence-electron chi connectivity index (χ0n) is 17.5. The largest absolute Gasteiger partial charge is 0.494 e. The fraction of sp³-hybridized carbons (Fsp3) is 0.458. The van der Waals surface area contributed by atoms with Crippen LogP contribution in [0.1, 0.15) is 62.9 Å². The van der Waals surface area contributed by atoms with Crippen molar-refractivity contribution in [1.29, 1.82) is 0 Å². The molecule has 0 fully saturated rings. The van der Waals surface area contributed by atoms with Crippen LogP contribution < -0.4 is 10.1 Å². The summed E-state index contributed by atoms with van der Waals surface area (Å²) in [6.45, 7) is 10.1. The highest BCUT2D eigenvalue weighted by Gasteiger charge is 2.44. The van der Waals surface area contributed by atoms with Crippen molar-refractivity contribution in [2.45, 2.75) is 52.6 Å². The molecular formula is C24H32N2O2. The first kappa shape index (κ1) is 20.2. The number of para-hydroxylation sites is 1. The molecule has 3 rings (SSSR count).